The normalized spacial score (nSPS) is 8.73. The van der Waals surface area contributed by atoms with Crippen molar-refractivity contribution in [2.45, 2.75) is 0 Å². The third kappa shape index (κ3) is 2.55. The third-order valence-corrected chi connectivity index (χ3v) is 2.09. The Bertz CT molecular complexity index is 457. The topological polar surface area (TPSA) is 28.1 Å². The molecule has 0 atom stereocenters. The van der Waals surface area contributed by atoms with Crippen LogP contribution < -0.4 is 12.4 Å². The summed E-state index contributed by atoms with van der Waals surface area (Å²) in [6.07, 6.45) is 0. The van der Waals surface area contributed by atoms with Crippen LogP contribution in [0.3, 0.4) is 0 Å². The summed E-state index contributed by atoms with van der Waals surface area (Å²) in [6, 6.07) is 17.5. The molecule has 2 rings (SSSR count). The molecule has 2 aromatic rings. The molecule has 0 aliphatic carbocycles. The number of nitrogens with zero attached hydrogens (tertiary/aromatic N) is 2. The summed E-state index contributed by atoms with van der Waals surface area (Å²) >= 11 is 0. The predicted molar refractivity (Wildman–Crippen MR) is 56.6 cm³/mol. The second-order valence-electron chi connectivity index (χ2n) is 3.01. The Labute approximate surface area is 94.6 Å². The van der Waals surface area contributed by atoms with E-state index in [-0.39, 0.29) is 12.4 Å². The van der Waals surface area contributed by atoms with Crippen molar-refractivity contribution in [2.75, 3.05) is 0 Å². The number of benzene rings is 2. The number of hydrogen-bond acceptors (Lipinski definition) is 1. The van der Waals surface area contributed by atoms with E-state index in [1.807, 2.05) is 42.5 Å². The molecule has 3 heteroatoms. The Kier molecular flexibility index (Phi) is 3.84. The van der Waals surface area contributed by atoms with Crippen molar-refractivity contribution in [3.8, 4) is 11.1 Å². The monoisotopic (exact) mass is 216 g/mol. The maximum absolute atomic E-state index is 8.52. The fourth-order valence-corrected chi connectivity index (χ4v) is 1.35. The largest absolute Gasteiger partial charge is 1.00 e. The fourth-order valence-electron chi connectivity index (χ4n) is 1.35. The molecule has 0 spiro atoms. The zero-order valence-electron chi connectivity index (χ0n) is 7.97. The van der Waals surface area contributed by atoms with Gasteiger partial charge in [0.15, 0.2) is 4.98 Å². The van der Waals surface area contributed by atoms with Gasteiger partial charge >= 0.3 is 5.69 Å². The lowest BCUT2D eigenvalue weighted by molar-refractivity contribution is -0.00000296. The molecule has 0 N–H and O–H groups in total. The van der Waals surface area contributed by atoms with Gasteiger partial charge in [-0.2, -0.15) is 0 Å². The van der Waals surface area contributed by atoms with E-state index in [0.29, 0.717) is 5.69 Å². The summed E-state index contributed by atoms with van der Waals surface area (Å²) in [6.45, 7) is 0. The molecule has 74 valence electrons. The van der Waals surface area contributed by atoms with Crippen LogP contribution in [0.5, 0.6) is 0 Å². The van der Waals surface area contributed by atoms with Gasteiger partial charge in [0.2, 0.25) is 5.39 Å². The molecule has 0 saturated heterocycles. The quantitative estimate of drug-likeness (QED) is 0.650. The third-order valence-electron chi connectivity index (χ3n) is 2.09. The fraction of sp³-hybridized carbons (Fsp3) is 0. The molecule has 0 saturated carbocycles. The summed E-state index contributed by atoms with van der Waals surface area (Å²) in [5.41, 5.74) is 2.86. The summed E-state index contributed by atoms with van der Waals surface area (Å²) in [7, 11) is 0. The van der Waals surface area contributed by atoms with E-state index >= 15 is 0 Å². The molecule has 0 bridgehead atoms. The number of halogens is 1. The minimum absolute atomic E-state index is 0. The molecular formula is C12H9ClN2. The van der Waals surface area contributed by atoms with Crippen LogP contribution in [0.4, 0.5) is 5.69 Å². The number of diazo groups is 1. The predicted octanol–water partition coefficient (Wildman–Crippen LogP) is 0.842. The highest BCUT2D eigenvalue weighted by atomic mass is 35.5. The van der Waals surface area contributed by atoms with Gasteiger partial charge in [-0.05, 0) is 23.3 Å². The smallest absolute Gasteiger partial charge is 0.385 e. The summed E-state index contributed by atoms with van der Waals surface area (Å²) < 4.78 is 0. The van der Waals surface area contributed by atoms with Crippen molar-refractivity contribution in [3.05, 3.63) is 59.6 Å². The Morgan fingerprint density at radius 2 is 1.27 bits per heavy atom. The standard InChI is InChI=1S/C12H9N2.ClH/c13-14-12-8-6-11(7-9-12)10-4-2-1-3-5-10;/h1-9H;1H/q+1;/p-1. The maximum atomic E-state index is 8.52. The van der Waals surface area contributed by atoms with Crippen LogP contribution in [0, 0.1) is 5.39 Å². The van der Waals surface area contributed by atoms with Crippen LogP contribution in [0.25, 0.3) is 16.1 Å². The SMILES string of the molecule is N#[N+]c1ccc(-c2ccccc2)cc1.[Cl-]. The highest BCUT2D eigenvalue weighted by Gasteiger charge is 2.03. The molecule has 0 heterocycles. The molecule has 2 aromatic carbocycles. The number of hydrogen-bond donors (Lipinski definition) is 0. The van der Waals surface area contributed by atoms with Crippen molar-refractivity contribution in [1.82, 2.24) is 0 Å². The minimum atomic E-state index is 0. The molecule has 0 unspecified atom stereocenters. The highest BCUT2D eigenvalue weighted by Crippen LogP contribution is 2.21. The van der Waals surface area contributed by atoms with Gasteiger partial charge in [-0.1, -0.05) is 30.3 Å². The Hall–Kier alpha value is -1.85. The first-order valence-electron chi connectivity index (χ1n) is 4.41. The second-order valence-corrected chi connectivity index (χ2v) is 3.01. The molecule has 0 aliphatic heterocycles. The lowest BCUT2D eigenvalue weighted by atomic mass is 10.1. The van der Waals surface area contributed by atoms with Gasteiger partial charge in [0.05, 0.1) is 0 Å². The summed E-state index contributed by atoms with van der Waals surface area (Å²) in [5, 5.41) is 8.52. The summed E-state index contributed by atoms with van der Waals surface area (Å²) in [4.78, 5) is 3.11. The zero-order valence-corrected chi connectivity index (χ0v) is 8.72. The van der Waals surface area contributed by atoms with Gasteiger partial charge in [-0.3, -0.25) is 0 Å². The maximum Gasteiger partial charge on any atom is 0.385 e. The van der Waals surface area contributed by atoms with Crippen LogP contribution in [0.2, 0.25) is 0 Å². The lowest BCUT2D eigenvalue weighted by Gasteiger charge is -1.97. The van der Waals surface area contributed by atoms with Crippen molar-refractivity contribution in [2.24, 2.45) is 0 Å². The molecule has 0 aromatic heterocycles. The van der Waals surface area contributed by atoms with Crippen molar-refractivity contribution < 1.29 is 12.4 Å². The van der Waals surface area contributed by atoms with Crippen LogP contribution in [-0.4, -0.2) is 0 Å². The van der Waals surface area contributed by atoms with Gasteiger partial charge in [0.1, 0.15) is 0 Å². The Balaban J connectivity index is 0.00000112. The average Bonchev–Trinajstić information content (AvgIpc) is 2.30. The van der Waals surface area contributed by atoms with Crippen molar-refractivity contribution in [3.63, 3.8) is 0 Å². The first kappa shape index (κ1) is 11.2. The molecular weight excluding hydrogens is 208 g/mol. The molecule has 0 amide bonds. The molecule has 0 radical (unpaired) electrons. The Morgan fingerprint density at radius 1 is 0.733 bits per heavy atom. The van der Waals surface area contributed by atoms with E-state index < -0.39 is 0 Å². The van der Waals surface area contributed by atoms with Gasteiger partial charge in [-0.25, -0.2) is 0 Å². The Morgan fingerprint density at radius 3 is 1.80 bits per heavy atom. The molecule has 2 nitrogen and oxygen atoms in total. The first-order valence-corrected chi connectivity index (χ1v) is 4.41. The number of rotatable bonds is 1. The van der Waals surface area contributed by atoms with Crippen LogP contribution in [0.1, 0.15) is 0 Å². The van der Waals surface area contributed by atoms with E-state index in [0.717, 1.165) is 11.1 Å². The first-order chi connectivity index (χ1) is 6.90. The van der Waals surface area contributed by atoms with E-state index in [1.54, 1.807) is 12.1 Å². The van der Waals surface area contributed by atoms with Gasteiger partial charge in [0, 0.05) is 12.1 Å². The van der Waals surface area contributed by atoms with Gasteiger partial charge in [0.25, 0.3) is 0 Å². The van der Waals surface area contributed by atoms with Gasteiger partial charge < -0.3 is 12.4 Å². The van der Waals surface area contributed by atoms with Gasteiger partial charge in [-0.15, -0.1) is 0 Å². The highest BCUT2D eigenvalue weighted by molar-refractivity contribution is 5.65. The van der Waals surface area contributed by atoms with E-state index in [4.69, 9.17) is 5.39 Å². The molecule has 0 aliphatic rings. The van der Waals surface area contributed by atoms with Crippen molar-refractivity contribution in [1.29, 1.82) is 5.39 Å². The zero-order chi connectivity index (χ0) is 9.80. The lowest BCUT2D eigenvalue weighted by Crippen LogP contribution is -3.00. The molecule has 15 heavy (non-hydrogen) atoms. The average molecular weight is 217 g/mol. The van der Waals surface area contributed by atoms with Crippen LogP contribution in [0.15, 0.2) is 54.6 Å². The van der Waals surface area contributed by atoms with Crippen molar-refractivity contribution >= 4 is 5.69 Å². The second kappa shape index (κ2) is 5.14. The van der Waals surface area contributed by atoms with E-state index in [9.17, 15) is 0 Å². The van der Waals surface area contributed by atoms with Crippen LogP contribution in [-0.2, 0) is 0 Å². The summed E-state index contributed by atoms with van der Waals surface area (Å²) in [5.74, 6) is 0. The molecule has 0 fully saturated rings. The van der Waals surface area contributed by atoms with E-state index in [2.05, 4.69) is 4.98 Å². The van der Waals surface area contributed by atoms with E-state index in [1.165, 1.54) is 0 Å². The van der Waals surface area contributed by atoms with Crippen LogP contribution >= 0.6 is 0 Å². The minimum Gasteiger partial charge on any atom is -1.00 e.